The van der Waals surface area contributed by atoms with Crippen molar-refractivity contribution in [2.24, 2.45) is 0 Å². The van der Waals surface area contributed by atoms with E-state index in [0.29, 0.717) is 16.3 Å². The van der Waals surface area contributed by atoms with E-state index in [1.165, 1.54) is 12.8 Å². The number of rotatable bonds is 3. The maximum absolute atomic E-state index is 12.4. The lowest BCUT2D eigenvalue weighted by atomic mass is 10.2. The van der Waals surface area contributed by atoms with E-state index in [0.717, 1.165) is 24.5 Å². The van der Waals surface area contributed by atoms with Crippen LogP contribution >= 0.6 is 11.6 Å². The highest BCUT2D eigenvalue weighted by atomic mass is 35.5. The Morgan fingerprint density at radius 3 is 2.64 bits per heavy atom. The number of hydrogen-bond acceptors (Lipinski definition) is 3. The van der Waals surface area contributed by atoms with E-state index in [2.05, 4.69) is 10.2 Å². The van der Waals surface area contributed by atoms with Crippen molar-refractivity contribution >= 4 is 34.6 Å². The molecule has 0 atom stereocenters. The first-order valence-electron chi connectivity index (χ1n) is 7.35. The number of nitrogens with one attached hydrogen (secondary N) is 1. The topological polar surface area (TPSA) is 58.4 Å². The molecule has 1 aliphatic rings. The van der Waals surface area contributed by atoms with Gasteiger partial charge in [-0.25, -0.2) is 0 Å². The Kier molecular flexibility index (Phi) is 4.20. The van der Waals surface area contributed by atoms with Crippen LogP contribution in [0.25, 0.3) is 0 Å². The van der Waals surface area contributed by atoms with E-state index in [1.807, 2.05) is 12.1 Å². The van der Waals surface area contributed by atoms with Gasteiger partial charge in [-0.1, -0.05) is 17.7 Å². The maximum atomic E-state index is 12.4. The Bertz CT molecular complexity index is 696. The summed E-state index contributed by atoms with van der Waals surface area (Å²) in [6, 6.07) is 12.5. The molecule has 3 N–H and O–H groups in total. The highest BCUT2D eigenvalue weighted by molar-refractivity contribution is 6.31. The molecule has 1 amide bonds. The number of halogens is 1. The second-order valence-corrected chi connectivity index (χ2v) is 5.87. The molecular formula is C17H18ClN3O. The SMILES string of the molecule is Nc1ccc(N2CCCC2)c(NC(=O)c2cccc(Cl)c2)c1. The minimum atomic E-state index is -0.187. The summed E-state index contributed by atoms with van der Waals surface area (Å²) in [4.78, 5) is 14.7. The number of anilines is 3. The fourth-order valence-electron chi connectivity index (χ4n) is 2.71. The molecule has 0 spiro atoms. The average molecular weight is 316 g/mol. The second-order valence-electron chi connectivity index (χ2n) is 5.44. The molecule has 2 aromatic carbocycles. The molecule has 0 saturated carbocycles. The molecule has 0 aliphatic carbocycles. The van der Waals surface area contributed by atoms with Crippen molar-refractivity contribution in [2.45, 2.75) is 12.8 Å². The van der Waals surface area contributed by atoms with E-state index in [1.54, 1.807) is 30.3 Å². The molecule has 1 heterocycles. The summed E-state index contributed by atoms with van der Waals surface area (Å²) in [5, 5.41) is 3.49. The zero-order chi connectivity index (χ0) is 15.5. The summed E-state index contributed by atoms with van der Waals surface area (Å²) >= 11 is 5.94. The quantitative estimate of drug-likeness (QED) is 0.848. The van der Waals surface area contributed by atoms with Crippen LogP contribution in [0.15, 0.2) is 42.5 Å². The lowest BCUT2D eigenvalue weighted by Crippen LogP contribution is -2.21. The summed E-state index contributed by atoms with van der Waals surface area (Å²) in [6.07, 6.45) is 2.35. The van der Waals surface area contributed by atoms with E-state index < -0.39 is 0 Å². The fraction of sp³-hybridized carbons (Fsp3) is 0.235. The summed E-state index contributed by atoms with van der Waals surface area (Å²) in [5.74, 6) is -0.187. The van der Waals surface area contributed by atoms with Gasteiger partial charge in [0.25, 0.3) is 5.91 Å². The van der Waals surface area contributed by atoms with Crippen LogP contribution in [0.2, 0.25) is 5.02 Å². The lowest BCUT2D eigenvalue weighted by molar-refractivity contribution is 0.102. The van der Waals surface area contributed by atoms with Crippen LogP contribution in [0.5, 0.6) is 0 Å². The van der Waals surface area contributed by atoms with Crippen LogP contribution in [0.1, 0.15) is 23.2 Å². The molecule has 3 rings (SSSR count). The van der Waals surface area contributed by atoms with E-state index >= 15 is 0 Å². The van der Waals surface area contributed by atoms with Gasteiger partial charge in [-0.05, 0) is 49.2 Å². The van der Waals surface area contributed by atoms with Gasteiger partial charge in [-0.2, -0.15) is 0 Å². The number of nitrogens with two attached hydrogens (primary N) is 1. The highest BCUT2D eigenvalue weighted by Crippen LogP contribution is 2.31. The van der Waals surface area contributed by atoms with Crippen molar-refractivity contribution in [1.82, 2.24) is 0 Å². The minimum absolute atomic E-state index is 0.187. The summed E-state index contributed by atoms with van der Waals surface area (Å²) < 4.78 is 0. The Hall–Kier alpha value is -2.20. The van der Waals surface area contributed by atoms with E-state index in [9.17, 15) is 4.79 Å². The van der Waals surface area contributed by atoms with E-state index in [4.69, 9.17) is 17.3 Å². The third-order valence-electron chi connectivity index (χ3n) is 3.80. The van der Waals surface area contributed by atoms with Crippen molar-refractivity contribution < 1.29 is 4.79 Å². The molecule has 4 nitrogen and oxygen atoms in total. The van der Waals surface area contributed by atoms with Crippen LogP contribution in [0.3, 0.4) is 0 Å². The molecular weight excluding hydrogens is 298 g/mol. The number of nitrogens with zero attached hydrogens (tertiary/aromatic N) is 1. The summed E-state index contributed by atoms with van der Waals surface area (Å²) in [7, 11) is 0. The molecule has 1 aliphatic heterocycles. The zero-order valence-electron chi connectivity index (χ0n) is 12.2. The molecule has 2 aromatic rings. The third-order valence-corrected chi connectivity index (χ3v) is 4.04. The molecule has 5 heteroatoms. The van der Waals surface area contributed by atoms with E-state index in [-0.39, 0.29) is 5.91 Å². The highest BCUT2D eigenvalue weighted by Gasteiger charge is 2.17. The number of benzene rings is 2. The maximum Gasteiger partial charge on any atom is 0.255 e. The largest absolute Gasteiger partial charge is 0.399 e. The molecule has 1 fully saturated rings. The van der Waals surface area contributed by atoms with Crippen molar-refractivity contribution in [3.05, 3.63) is 53.1 Å². The van der Waals surface area contributed by atoms with Crippen LogP contribution < -0.4 is 16.0 Å². The molecule has 0 aromatic heterocycles. The minimum Gasteiger partial charge on any atom is -0.399 e. The Morgan fingerprint density at radius 1 is 1.14 bits per heavy atom. The van der Waals surface area contributed by atoms with Gasteiger partial charge >= 0.3 is 0 Å². The van der Waals surface area contributed by atoms with Gasteiger partial charge in [0, 0.05) is 29.4 Å². The monoisotopic (exact) mass is 315 g/mol. The summed E-state index contributed by atoms with van der Waals surface area (Å²) in [6.45, 7) is 2.01. The average Bonchev–Trinajstić information content (AvgIpc) is 3.01. The standard InChI is InChI=1S/C17H18ClN3O/c18-13-5-3-4-12(10-13)17(22)20-15-11-14(19)6-7-16(15)21-8-1-2-9-21/h3-7,10-11H,1-2,8-9,19H2,(H,20,22). The van der Waals surface area contributed by atoms with Crippen molar-refractivity contribution in [2.75, 3.05) is 29.0 Å². The number of nitrogen functional groups attached to an aromatic ring is 1. The molecule has 1 saturated heterocycles. The Balaban J connectivity index is 1.87. The number of amides is 1. The first kappa shape index (κ1) is 14.7. The number of carbonyl (C=O) groups excluding carboxylic acids is 1. The van der Waals surface area contributed by atoms with Gasteiger partial charge in [-0.3, -0.25) is 4.79 Å². The van der Waals surface area contributed by atoms with Crippen LogP contribution in [0, 0.1) is 0 Å². The molecule has 0 bridgehead atoms. The normalized spacial score (nSPS) is 14.1. The van der Waals surface area contributed by atoms with Crippen LogP contribution in [-0.2, 0) is 0 Å². The lowest BCUT2D eigenvalue weighted by Gasteiger charge is -2.22. The van der Waals surface area contributed by atoms with Gasteiger partial charge < -0.3 is 16.0 Å². The summed E-state index contributed by atoms with van der Waals surface area (Å²) in [5.41, 5.74) is 8.79. The second kappa shape index (κ2) is 6.28. The molecule has 0 unspecified atom stereocenters. The van der Waals surface area contributed by atoms with Gasteiger partial charge in [0.1, 0.15) is 0 Å². The van der Waals surface area contributed by atoms with Crippen LogP contribution in [0.4, 0.5) is 17.1 Å². The number of carbonyl (C=O) groups is 1. The van der Waals surface area contributed by atoms with Gasteiger partial charge in [-0.15, -0.1) is 0 Å². The van der Waals surface area contributed by atoms with Crippen molar-refractivity contribution in [3.63, 3.8) is 0 Å². The third kappa shape index (κ3) is 3.17. The van der Waals surface area contributed by atoms with Crippen molar-refractivity contribution in [3.8, 4) is 0 Å². The van der Waals surface area contributed by atoms with Crippen molar-refractivity contribution in [1.29, 1.82) is 0 Å². The first-order valence-corrected chi connectivity index (χ1v) is 7.73. The molecule has 0 radical (unpaired) electrons. The van der Waals surface area contributed by atoms with Gasteiger partial charge in [0.05, 0.1) is 11.4 Å². The Labute approximate surface area is 134 Å². The molecule has 22 heavy (non-hydrogen) atoms. The smallest absolute Gasteiger partial charge is 0.255 e. The predicted octanol–water partition coefficient (Wildman–Crippen LogP) is 3.77. The first-order chi connectivity index (χ1) is 10.6. The van der Waals surface area contributed by atoms with Gasteiger partial charge in [0.2, 0.25) is 0 Å². The molecule has 114 valence electrons. The predicted molar refractivity (Wildman–Crippen MR) is 91.7 cm³/mol. The Morgan fingerprint density at radius 2 is 1.91 bits per heavy atom. The van der Waals surface area contributed by atoms with Crippen LogP contribution in [-0.4, -0.2) is 19.0 Å². The number of hydrogen-bond donors (Lipinski definition) is 2. The van der Waals surface area contributed by atoms with Gasteiger partial charge in [0.15, 0.2) is 0 Å². The fourth-order valence-corrected chi connectivity index (χ4v) is 2.90. The zero-order valence-corrected chi connectivity index (χ0v) is 12.9.